The van der Waals surface area contributed by atoms with Crippen LogP contribution in [0.15, 0.2) is 0 Å². The van der Waals surface area contributed by atoms with E-state index >= 15 is 0 Å². The third-order valence-electron chi connectivity index (χ3n) is 1.44. The Morgan fingerprint density at radius 3 is 2.33 bits per heavy atom. The average molecular weight is 235 g/mol. The molecule has 0 rings (SSSR count). The van der Waals surface area contributed by atoms with E-state index in [-0.39, 0.29) is 24.5 Å². The number of aliphatic carboxylic acids is 2. The lowest BCUT2D eigenvalue weighted by molar-refractivity contribution is -0.139. The molecule has 15 heavy (non-hydrogen) atoms. The lowest BCUT2D eigenvalue weighted by Crippen LogP contribution is -2.38. The SMILES string of the molecule is CCC(=O)NC(SCCC(=O)O)C(=O)O. The second kappa shape index (κ2) is 7.10. The number of rotatable bonds is 7. The topological polar surface area (TPSA) is 104 Å². The van der Waals surface area contributed by atoms with Gasteiger partial charge in [0.15, 0.2) is 5.37 Å². The van der Waals surface area contributed by atoms with Crippen molar-refractivity contribution in [3.8, 4) is 0 Å². The molecule has 0 spiro atoms. The lowest BCUT2D eigenvalue weighted by atomic mass is 10.4. The van der Waals surface area contributed by atoms with Crippen LogP contribution in [0.3, 0.4) is 0 Å². The Balaban J connectivity index is 4.00. The Kier molecular flexibility index (Phi) is 6.52. The van der Waals surface area contributed by atoms with Gasteiger partial charge in [0, 0.05) is 12.2 Å². The number of carbonyl (C=O) groups excluding carboxylic acids is 1. The van der Waals surface area contributed by atoms with Crippen molar-refractivity contribution in [1.82, 2.24) is 5.32 Å². The molecule has 0 saturated carbocycles. The minimum absolute atomic E-state index is 0.129. The van der Waals surface area contributed by atoms with Gasteiger partial charge in [0.25, 0.3) is 0 Å². The molecule has 0 aliphatic rings. The number of hydrogen-bond acceptors (Lipinski definition) is 4. The number of thioether (sulfide) groups is 1. The number of hydrogen-bond donors (Lipinski definition) is 3. The fraction of sp³-hybridized carbons (Fsp3) is 0.625. The van der Waals surface area contributed by atoms with Crippen LogP contribution in [-0.2, 0) is 14.4 Å². The van der Waals surface area contributed by atoms with Crippen LogP contribution < -0.4 is 5.32 Å². The summed E-state index contributed by atoms with van der Waals surface area (Å²) in [5.74, 6) is -2.39. The first kappa shape index (κ1) is 13.8. The van der Waals surface area contributed by atoms with E-state index in [2.05, 4.69) is 5.32 Å². The van der Waals surface area contributed by atoms with Crippen LogP contribution in [-0.4, -0.2) is 39.2 Å². The van der Waals surface area contributed by atoms with E-state index in [1.807, 2.05) is 0 Å². The highest BCUT2D eigenvalue weighted by Gasteiger charge is 2.19. The fourth-order valence-electron chi connectivity index (χ4n) is 0.687. The van der Waals surface area contributed by atoms with E-state index in [0.29, 0.717) is 0 Å². The quantitative estimate of drug-likeness (QED) is 0.542. The van der Waals surface area contributed by atoms with Crippen molar-refractivity contribution in [2.75, 3.05) is 5.75 Å². The number of carboxylic acid groups (broad SMARTS) is 2. The van der Waals surface area contributed by atoms with Crippen LogP contribution in [0.2, 0.25) is 0 Å². The molecule has 1 atom stereocenters. The monoisotopic (exact) mass is 235 g/mol. The molecule has 3 N–H and O–H groups in total. The Morgan fingerprint density at radius 2 is 1.93 bits per heavy atom. The minimum atomic E-state index is -1.17. The van der Waals surface area contributed by atoms with Gasteiger partial charge in [-0.05, 0) is 0 Å². The average Bonchev–Trinajstić information content (AvgIpc) is 2.15. The fourth-order valence-corrected chi connectivity index (χ4v) is 1.57. The van der Waals surface area contributed by atoms with Gasteiger partial charge in [-0.25, -0.2) is 4.79 Å². The van der Waals surface area contributed by atoms with Crippen molar-refractivity contribution in [3.63, 3.8) is 0 Å². The van der Waals surface area contributed by atoms with Crippen LogP contribution in [0.1, 0.15) is 19.8 Å². The highest BCUT2D eigenvalue weighted by atomic mass is 32.2. The zero-order valence-corrected chi connectivity index (χ0v) is 9.04. The maximum atomic E-state index is 10.9. The summed E-state index contributed by atoms with van der Waals surface area (Å²) >= 11 is 0.889. The molecule has 86 valence electrons. The van der Waals surface area contributed by atoms with Gasteiger partial charge in [-0.2, -0.15) is 0 Å². The molecule has 6 nitrogen and oxygen atoms in total. The predicted octanol–water partition coefficient (Wildman–Crippen LogP) is 0.131. The number of carboxylic acids is 2. The molecule has 0 aromatic heterocycles. The molecule has 1 amide bonds. The minimum Gasteiger partial charge on any atom is -0.481 e. The highest BCUT2D eigenvalue weighted by molar-refractivity contribution is 8.00. The molecule has 0 aromatic rings. The van der Waals surface area contributed by atoms with Gasteiger partial charge in [-0.15, -0.1) is 11.8 Å². The predicted molar refractivity (Wildman–Crippen MR) is 54.6 cm³/mol. The number of carbonyl (C=O) groups is 3. The van der Waals surface area contributed by atoms with Gasteiger partial charge in [0.1, 0.15) is 0 Å². The van der Waals surface area contributed by atoms with Gasteiger partial charge >= 0.3 is 11.9 Å². The lowest BCUT2D eigenvalue weighted by Gasteiger charge is -2.12. The van der Waals surface area contributed by atoms with Crippen LogP contribution in [0.25, 0.3) is 0 Å². The zero-order valence-electron chi connectivity index (χ0n) is 8.23. The summed E-state index contributed by atoms with van der Waals surface area (Å²) in [6.45, 7) is 1.61. The van der Waals surface area contributed by atoms with Crippen molar-refractivity contribution in [1.29, 1.82) is 0 Å². The molecule has 0 saturated heterocycles. The molecular weight excluding hydrogens is 222 g/mol. The summed E-state index contributed by atoms with van der Waals surface area (Å²) < 4.78 is 0. The first-order valence-electron chi connectivity index (χ1n) is 4.33. The van der Waals surface area contributed by atoms with Crippen LogP contribution in [0, 0.1) is 0 Å². The van der Waals surface area contributed by atoms with Gasteiger partial charge < -0.3 is 15.5 Å². The zero-order chi connectivity index (χ0) is 11.8. The summed E-state index contributed by atoms with van der Waals surface area (Å²) in [4.78, 5) is 31.7. The standard InChI is InChI=1S/C8H13NO5S/c1-2-5(10)9-7(8(13)14)15-4-3-6(11)12/h7H,2-4H2,1H3,(H,9,10)(H,11,12)(H,13,14). The van der Waals surface area contributed by atoms with E-state index in [1.165, 1.54) is 0 Å². The number of nitrogens with one attached hydrogen (secondary N) is 1. The first-order valence-corrected chi connectivity index (χ1v) is 5.37. The molecule has 0 aliphatic carbocycles. The Labute approximate surface area is 91.0 Å². The van der Waals surface area contributed by atoms with Gasteiger partial charge in [-0.1, -0.05) is 6.92 Å². The highest BCUT2D eigenvalue weighted by Crippen LogP contribution is 2.10. The van der Waals surface area contributed by atoms with E-state index in [4.69, 9.17) is 10.2 Å². The van der Waals surface area contributed by atoms with Crippen LogP contribution in [0.4, 0.5) is 0 Å². The maximum Gasteiger partial charge on any atom is 0.336 e. The molecule has 0 bridgehead atoms. The van der Waals surface area contributed by atoms with E-state index in [9.17, 15) is 14.4 Å². The molecule has 7 heteroatoms. The van der Waals surface area contributed by atoms with E-state index < -0.39 is 17.3 Å². The summed E-state index contributed by atoms with van der Waals surface area (Å²) in [6, 6.07) is 0. The Morgan fingerprint density at radius 1 is 1.33 bits per heavy atom. The normalized spacial score (nSPS) is 11.8. The second-order valence-electron chi connectivity index (χ2n) is 2.65. The summed E-state index contributed by atoms with van der Waals surface area (Å²) in [5.41, 5.74) is 0. The van der Waals surface area contributed by atoms with Crippen molar-refractivity contribution in [2.24, 2.45) is 0 Å². The van der Waals surface area contributed by atoms with Crippen molar-refractivity contribution in [2.45, 2.75) is 25.1 Å². The van der Waals surface area contributed by atoms with E-state index in [0.717, 1.165) is 11.8 Å². The summed E-state index contributed by atoms with van der Waals surface area (Å²) in [7, 11) is 0. The first-order chi connectivity index (χ1) is 6.97. The third kappa shape index (κ3) is 6.78. The molecule has 0 fully saturated rings. The second-order valence-corrected chi connectivity index (χ2v) is 3.87. The smallest absolute Gasteiger partial charge is 0.336 e. The Hall–Kier alpha value is -1.24. The third-order valence-corrected chi connectivity index (χ3v) is 2.53. The van der Waals surface area contributed by atoms with E-state index in [1.54, 1.807) is 6.92 Å². The molecule has 0 aromatic carbocycles. The van der Waals surface area contributed by atoms with Crippen molar-refractivity contribution in [3.05, 3.63) is 0 Å². The molecule has 1 unspecified atom stereocenters. The summed E-state index contributed by atoms with van der Waals surface area (Å²) in [6.07, 6.45) is 0.0692. The molecule has 0 aliphatic heterocycles. The van der Waals surface area contributed by atoms with Gasteiger partial charge in [-0.3, -0.25) is 9.59 Å². The maximum absolute atomic E-state index is 10.9. The van der Waals surface area contributed by atoms with Gasteiger partial charge in [0.2, 0.25) is 5.91 Å². The van der Waals surface area contributed by atoms with Crippen LogP contribution >= 0.6 is 11.8 Å². The molecule has 0 heterocycles. The van der Waals surface area contributed by atoms with Gasteiger partial charge in [0.05, 0.1) is 6.42 Å². The van der Waals surface area contributed by atoms with Crippen molar-refractivity contribution >= 4 is 29.6 Å². The largest absolute Gasteiger partial charge is 0.481 e. The Bertz CT molecular complexity index is 255. The van der Waals surface area contributed by atoms with Crippen LogP contribution in [0.5, 0.6) is 0 Å². The molecule has 0 radical (unpaired) electrons. The summed E-state index contributed by atoms with van der Waals surface area (Å²) in [5, 5.41) is 18.2. The molecular formula is C8H13NO5S. The van der Waals surface area contributed by atoms with Crippen molar-refractivity contribution < 1.29 is 24.6 Å². The number of amides is 1.